The van der Waals surface area contributed by atoms with Crippen molar-refractivity contribution in [3.8, 4) is 17.2 Å². The lowest BCUT2D eigenvalue weighted by Gasteiger charge is -2.29. The molecule has 1 saturated heterocycles. The van der Waals surface area contributed by atoms with E-state index in [2.05, 4.69) is 41.3 Å². The van der Waals surface area contributed by atoms with Crippen molar-refractivity contribution >= 4 is 11.8 Å². The van der Waals surface area contributed by atoms with Crippen LogP contribution in [-0.4, -0.2) is 40.2 Å². The van der Waals surface area contributed by atoms with Crippen LogP contribution in [0.4, 0.5) is 5.69 Å². The minimum atomic E-state index is -0.413. The number of para-hydroxylation sites is 1. The van der Waals surface area contributed by atoms with Crippen molar-refractivity contribution in [3.63, 3.8) is 0 Å². The zero-order valence-corrected chi connectivity index (χ0v) is 15.3. The summed E-state index contributed by atoms with van der Waals surface area (Å²) in [7, 11) is 4.85. The molecule has 2 aliphatic rings. The molecule has 4 rings (SSSR count). The van der Waals surface area contributed by atoms with Gasteiger partial charge in [-0.2, -0.15) is 0 Å². The second-order valence-electron chi connectivity index (χ2n) is 6.44. The Labute approximate surface area is 153 Å². The van der Waals surface area contributed by atoms with E-state index in [-0.39, 0.29) is 0 Å². The number of fused-ring (bicyclic) bond motifs is 3. The van der Waals surface area contributed by atoms with Gasteiger partial charge in [-0.15, -0.1) is 0 Å². The molecule has 0 saturated carbocycles. The molecule has 2 aromatic carbocycles. The van der Waals surface area contributed by atoms with Crippen molar-refractivity contribution in [2.45, 2.75) is 12.1 Å². The maximum atomic E-state index is 6.18. The summed E-state index contributed by atoms with van der Waals surface area (Å²) in [5, 5.41) is 0. The van der Waals surface area contributed by atoms with Crippen LogP contribution in [0.1, 0.15) is 11.1 Å². The van der Waals surface area contributed by atoms with E-state index in [1.807, 2.05) is 12.1 Å². The molecule has 0 amide bonds. The molecule has 0 N–H and O–H groups in total. The van der Waals surface area contributed by atoms with Crippen LogP contribution in [0.3, 0.4) is 0 Å². The molecule has 0 radical (unpaired) electrons. The number of methoxy groups -OCH3 is 3. The van der Waals surface area contributed by atoms with Crippen molar-refractivity contribution in [2.75, 3.05) is 39.4 Å². The highest BCUT2D eigenvalue weighted by molar-refractivity contribution is 5.67. The van der Waals surface area contributed by atoms with Crippen molar-refractivity contribution in [1.82, 2.24) is 0 Å². The van der Waals surface area contributed by atoms with Gasteiger partial charge >= 0.3 is 0 Å². The van der Waals surface area contributed by atoms with Gasteiger partial charge in [0.2, 0.25) is 5.75 Å². The summed E-state index contributed by atoms with van der Waals surface area (Å²) in [5.74, 6) is 1.88. The Morgan fingerprint density at radius 3 is 2.46 bits per heavy atom. The first kappa shape index (κ1) is 16.8. The molecule has 5 heteroatoms. The van der Waals surface area contributed by atoms with Gasteiger partial charge in [0.05, 0.1) is 27.9 Å². The summed E-state index contributed by atoms with van der Waals surface area (Å²) in [6, 6.07) is 12.4. The van der Waals surface area contributed by atoms with Crippen LogP contribution in [0.2, 0.25) is 0 Å². The van der Waals surface area contributed by atoms with Gasteiger partial charge in [0.15, 0.2) is 17.2 Å². The average molecular weight is 353 g/mol. The van der Waals surface area contributed by atoms with Crippen molar-refractivity contribution in [3.05, 3.63) is 53.6 Å². The van der Waals surface area contributed by atoms with E-state index < -0.39 is 5.72 Å². The first-order valence-electron chi connectivity index (χ1n) is 8.69. The monoisotopic (exact) mass is 353 g/mol. The fraction of sp³-hybridized carbons (Fsp3) is 0.333. The molecule has 1 atom stereocenters. The quantitative estimate of drug-likeness (QED) is 0.823. The zero-order chi connectivity index (χ0) is 18.1. The maximum absolute atomic E-state index is 6.18. The maximum Gasteiger partial charge on any atom is 0.203 e. The smallest absolute Gasteiger partial charge is 0.203 e. The molecule has 2 aromatic rings. The summed E-state index contributed by atoms with van der Waals surface area (Å²) in [6.45, 7) is 1.63. The first-order chi connectivity index (χ1) is 12.7. The molecule has 0 bridgehead atoms. The normalized spacial score (nSPS) is 21.0. The van der Waals surface area contributed by atoms with Gasteiger partial charge in [-0.25, -0.2) is 0 Å². The Bertz CT molecular complexity index is 823. The van der Waals surface area contributed by atoms with Crippen LogP contribution in [-0.2, 0) is 11.2 Å². The van der Waals surface area contributed by atoms with Crippen LogP contribution in [0.25, 0.3) is 6.08 Å². The second-order valence-corrected chi connectivity index (χ2v) is 6.44. The molecular formula is C21H23NO4. The Balaban J connectivity index is 1.68. The van der Waals surface area contributed by atoms with Crippen LogP contribution in [0.5, 0.6) is 17.2 Å². The van der Waals surface area contributed by atoms with Crippen molar-refractivity contribution in [2.24, 2.45) is 0 Å². The Morgan fingerprint density at radius 2 is 1.77 bits per heavy atom. The molecule has 0 aliphatic carbocycles. The van der Waals surface area contributed by atoms with Crippen LogP contribution in [0, 0.1) is 0 Å². The van der Waals surface area contributed by atoms with Gasteiger partial charge in [0.25, 0.3) is 0 Å². The van der Waals surface area contributed by atoms with Crippen molar-refractivity contribution < 1.29 is 18.9 Å². The average Bonchev–Trinajstić information content (AvgIpc) is 3.21. The third kappa shape index (κ3) is 2.59. The SMILES string of the molecule is COc1cc(/C=C/C23Cc4ccccc4N2CCO3)cc(OC)c1OC. The first-order valence-corrected chi connectivity index (χ1v) is 8.69. The lowest BCUT2D eigenvalue weighted by atomic mass is 10.0. The van der Waals surface area contributed by atoms with Crippen molar-refractivity contribution in [1.29, 1.82) is 0 Å². The van der Waals surface area contributed by atoms with E-state index in [0.29, 0.717) is 17.2 Å². The topological polar surface area (TPSA) is 40.2 Å². The Hall–Kier alpha value is -2.66. The van der Waals surface area contributed by atoms with Gasteiger partial charge in [0, 0.05) is 18.7 Å². The van der Waals surface area contributed by atoms with Crippen LogP contribution in [0.15, 0.2) is 42.5 Å². The van der Waals surface area contributed by atoms with Gasteiger partial charge in [0.1, 0.15) is 0 Å². The number of anilines is 1. The molecule has 5 nitrogen and oxygen atoms in total. The molecule has 2 heterocycles. The summed E-state index contributed by atoms with van der Waals surface area (Å²) in [4.78, 5) is 2.34. The summed E-state index contributed by atoms with van der Waals surface area (Å²) in [5.41, 5.74) is 3.14. The predicted octanol–water partition coefficient (Wildman–Crippen LogP) is 3.51. The highest BCUT2D eigenvalue weighted by Crippen LogP contribution is 2.44. The number of benzene rings is 2. The van der Waals surface area contributed by atoms with E-state index in [0.717, 1.165) is 25.1 Å². The number of hydrogen-bond acceptors (Lipinski definition) is 5. The van der Waals surface area contributed by atoms with Gasteiger partial charge in [-0.3, -0.25) is 0 Å². The molecule has 136 valence electrons. The highest BCUT2D eigenvalue weighted by atomic mass is 16.5. The molecule has 0 aromatic heterocycles. The molecule has 2 aliphatic heterocycles. The van der Waals surface area contributed by atoms with Crippen LogP contribution >= 0.6 is 0 Å². The number of hydrogen-bond donors (Lipinski definition) is 0. The Morgan fingerprint density at radius 1 is 1.04 bits per heavy atom. The minimum Gasteiger partial charge on any atom is -0.493 e. The highest BCUT2D eigenvalue weighted by Gasteiger charge is 2.46. The van der Waals surface area contributed by atoms with E-state index in [1.54, 1.807) is 21.3 Å². The summed E-state index contributed by atoms with van der Waals surface area (Å²) in [6.07, 6.45) is 5.06. The Kier molecular flexibility index (Phi) is 4.24. The third-order valence-corrected chi connectivity index (χ3v) is 5.07. The minimum absolute atomic E-state index is 0.413. The summed E-state index contributed by atoms with van der Waals surface area (Å²) < 4.78 is 22.5. The molecule has 1 unspecified atom stereocenters. The van der Waals surface area contributed by atoms with Gasteiger partial charge in [-0.1, -0.05) is 24.3 Å². The molecule has 1 fully saturated rings. The fourth-order valence-electron chi connectivity index (χ4n) is 3.87. The standard InChI is InChI=1S/C21H23NO4/c1-23-18-12-15(13-19(24-2)20(18)25-3)8-9-21-14-16-6-4-5-7-17(16)22(21)10-11-26-21/h4-9,12-13H,10-11,14H2,1-3H3/b9-8+. The summed E-state index contributed by atoms with van der Waals surface area (Å²) >= 11 is 0. The predicted molar refractivity (Wildman–Crippen MR) is 101 cm³/mol. The number of ether oxygens (including phenoxy) is 4. The lowest BCUT2D eigenvalue weighted by Crippen LogP contribution is -2.40. The van der Waals surface area contributed by atoms with E-state index in [4.69, 9.17) is 18.9 Å². The van der Waals surface area contributed by atoms with E-state index >= 15 is 0 Å². The zero-order valence-electron chi connectivity index (χ0n) is 15.3. The number of rotatable bonds is 5. The van der Waals surface area contributed by atoms with E-state index in [9.17, 15) is 0 Å². The van der Waals surface area contributed by atoms with Gasteiger partial charge < -0.3 is 23.8 Å². The second kappa shape index (κ2) is 6.57. The fourth-order valence-corrected chi connectivity index (χ4v) is 3.87. The lowest BCUT2D eigenvalue weighted by molar-refractivity contribution is 0.0538. The largest absolute Gasteiger partial charge is 0.493 e. The molecule has 0 spiro atoms. The molecular weight excluding hydrogens is 330 g/mol. The van der Waals surface area contributed by atoms with E-state index in [1.165, 1.54) is 11.3 Å². The third-order valence-electron chi connectivity index (χ3n) is 5.07. The molecule has 26 heavy (non-hydrogen) atoms. The van der Waals surface area contributed by atoms with Gasteiger partial charge in [-0.05, 0) is 35.4 Å². The van der Waals surface area contributed by atoms with Crippen LogP contribution < -0.4 is 19.1 Å². The number of nitrogens with zero attached hydrogens (tertiary/aromatic N) is 1.